The monoisotopic (exact) mass is 231 g/mol. The molecule has 2 nitrogen and oxygen atoms in total. The molecule has 92 valence electrons. The van der Waals surface area contributed by atoms with Gasteiger partial charge < -0.3 is 5.73 Å². The van der Waals surface area contributed by atoms with Gasteiger partial charge in [0, 0.05) is 17.0 Å². The molecule has 1 aliphatic carbocycles. The number of Topliss-reactive ketones (excluding diaryl/α,β-unsaturated/α-hetero) is 1. The summed E-state index contributed by atoms with van der Waals surface area (Å²) in [5.41, 5.74) is 7.12. The van der Waals surface area contributed by atoms with Crippen LogP contribution < -0.4 is 5.73 Å². The molecule has 1 aromatic carbocycles. The van der Waals surface area contributed by atoms with E-state index in [-0.39, 0.29) is 11.3 Å². The van der Waals surface area contributed by atoms with Crippen molar-refractivity contribution in [1.82, 2.24) is 0 Å². The Labute approximate surface area is 103 Å². The standard InChI is InChI=1S/C15H21NO/c1-15(2,12-7-9-13(16)10-8-12)14(17)11-5-3-4-6-11/h7-11H,3-6,16H2,1-2H3. The highest BCUT2D eigenvalue weighted by molar-refractivity contribution is 5.91. The number of rotatable bonds is 3. The summed E-state index contributed by atoms with van der Waals surface area (Å²) in [6.07, 6.45) is 4.54. The molecule has 1 fully saturated rings. The topological polar surface area (TPSA) is 43.1 Å². The van der Waals surface area contributed by atoms with Gasteiger partial charge in [0.2, 0.25) is 0 Å². The Balaban J connectivity index is 2.22. The summed E-state index contributed by atoms with van der Waals surface area (Å²) in [6.45, 7) is 4.05. The lowest BCUT2D eigenvalue weighted by Gasteiger charge is -2.27. The zero-order valence-corrected chi connectivity index (χ0v) is 10.7. The van der Waals surface area contributed by atoms with E-state index in [1.165, 1.54) is 12.8 Å². The van der Waals surface area contributed by atoms with E-state index in [0.29, 0.717) is 5.78 Å². The molecule has 0 aromatic heterocycles. The zero-order chi connectivity index (χ0) is 12.5. The maximum absolute atomic E-state index is 12.5. The molecule has 1 aromatic rings. The molecular formula is C15H21NO. The number of carbonyl (C=O) groups excluding carboxylic acids is 1. The molecule has 0 heterocycles. The van der Waals surface area contributed by atoms with Gasteiger partial charge in [-0.2, -0.15) is 0 Å². The van der Waals surface area contributed by atoms with Crippen molar-refractivity contribution in [2.75, 3.05) is 5.73 Å². The van der Waals surface area contributed by atoms with Crippen molar-refractivity contribution < 1.29 is 4.79 Å². The molecule has 0 unspecified atom stereocenters. The predicted molar refractivity (Wildman–Crippen MR) is 70.8 cm³/mol. The number of ketones is 1. The number of hydrogen-bond donors (Lipinski definition) is 1. The summed E-state index contributed by atoms with van der Waals surface area (Å²) in [6, 6.07) is 7.70. The van der Waals surface area contributed by atoms with Gasteiger partial charge in [-0.25, -0.2) is 0 Å². The summed E-state index contributed by atoms with van der Waals surface area (Å²) in [4.78, 5) is 12.5. The fraction of sp³-hybridized carbons (Fsp3) is 0.533. The first-order chi connectivity index (χ1) is 8.01. The van der Waals surface area contributed by atoms with Gasteiger partial charge in [-0.3, -0.25) is 4.79 Å². The minimum Gasteiger partial charge on any atom is -0.399 e. The van der Waals surface area contributed by atoms with Crippen LogP contribution in [-0.2, 0) is 10.2 Å². The van der Waals surface area contributed by atoms with Crippen LogP contribution in [0, 0.1) is 5.92 Å². The van der Waals surface area contributed by atoms with Gasteiger partial charge in [0.05, 0.1) is 0 Å². The van der Waals surface area contributed by atoms with Gasteiger partial charge in [0.15, 0.2) is 0 Å². The Hall–Kier alpha value is -1.31. The zero-order valence-electron chi connectivity index (χ0n) is 10.7. The summed E-state index contributed by atoms with van der Waals surface area (Å²) >= 11 is 0. The maximum atomic E-state index is 12.5. The van der Waals surface area contributed by atoms with E-state index in [1.807, 2.05) is 38.1 Å². The Kier molecular flexibility index (Phi) is 3.23. The van der Waals surface area contributed by atoms with E-state index < -0.39 is 0 Å². The molecule has 17 heavy (non-hydrogen) atoms. The molecule has 0 saturated heterocycles. The van der Waals surface area contributed by atoms with Crippen LogP contribution in [0.15, 0.2) is 24.3 Å². The van der Waals surface area contributed by atoms with Crippen LogP contribution in [-0.4, -0.2) is 5.78 Å². The number of nitrogen functional groups attached to an aromatic ring is 1. The lowest BCUT2D eigenvalue weighted by atomic mass is 9.75. The Morgan fingerprint density at radius 1 is 1.18 bits per heavy atom. The highest BCUT2D eigenvalue weighted by atomic mass is 16.1. The van der Waals surface area contributed by atoms with E-state index in [0.717, 1.165) is 24.1 Å². The van der Waals surface area contributed by atoms with Gasteiger partial charge >= 0.3 is 0 Å². The predicted octanol–water partition coefficient (Wildman–Crippen LogP) is 3.31. The minimum absolute atomic E-state index is 0.266. The second-order valence-electron chi connectivity index (χ2n) is 5.59. The average molecular weight is 231 g/mol. The summed E-state index contributed by atoms with van der Waals surface area (Å²) in [7, 11) is 0. The molecule has 1 aliphatic rings. The summed E-state index contributed by atoms with van der Waals surface area (Å²) in [5, 5.41) is 0. The average Bonchev–Trinajstić information content (AvgIpc) is 2.82. The maximum Gasteiger partial charge on any atom is 0.145 e. The van der Waals surface area contributed by atoms with E-state index in [4.69, 9.17) is 5.73 Å². The van der Waals surface area contributed by atoms with Gasteiger partial charge in [-0.05, 0) is 44.4 Å². The molecule has 2 rings (SSSR count). The molecule has 0 bridgehead atoms. The number of hydrogen-bond acceptors (Lipinski definition) is 2. The van der Waals surface area contributed by atoms with Gasteiger partial charge in [-0.1, -0.05) is 25.0 Å². The molecule has 0 spiro atoms. The first-order valence-electron chi connectivity index (χ1n) is 6.42. The molecule has 0 radical (unpaired) electrons. The van der Waals surface area contributed by atoms with Crippen molar-refractivity contribution in [3.05, 3.63) is 29.8 Å². The molecule has 0 amide bonds. The molecule has 0 atom stereocenters. The fourth-order valence-electron chi connectivity index (χ4n) is 2.74. The van der Waals surface area contributed by atoms with Crippen molar-refractivity contribution in [2.24, 2.45) is 5.92 Å². The van der Waals surface area contributed by atoms with Crippen LogP contribution in [0.5, 0.6) is 0 Å². The Morgan fingerprint density at radius 3 is 2.24 bits per heavy atom. The van der Waals surface area contributed by atoms with Crippen LogP contribution in [0.2, 0.25) is 0 Å². The summed E-state index contributed by atoms with van der Waals surface area (Å²) in [5.74, 6) is 0.655. The fourth-order valence-corrected chi connectivity index (χ4v) is 2.74. The Morgan fingerprint density at radius 2 is 1.71 bits per heavy atom. The third-order valence-corrected chi connectivity index (χ3v) is 3.97. The van der Waals surface area contributed by atoms with E-state index in [2.05, 4.69) is 0 Å². The Bertz CT molecular complexity index is 399. The van der Waals surface area contributed by atoms with Crippen molar-refractivity contribution in [3.63, 3.8) is 0 Å². The van der Waals surface area contributed by atoms with Gasteiger partial charge in [-0.15, -0.1) is 0 Å². The lowest BCUT2D eigenvalue weighted by molar-refractivity contribution is -0.127. The van der Waals surface area contributed by atoms with Crippen LogP contribution in [0.1, 0.15) is 45.1 Å². The molecule has 2 N–H and O–H groups in total. The van der Waals surface area contributed by atoms with Crippen LogP contribution >= 0.6 is 0 Å². The lowest BCUT2D eigenvalue weighted by Crippen LogP contribution is -2.33. The molecular weight excluding hydrogens is 210 g/mol. The van der Waals surface area contributed by atoms with Crippen molar-refractivity contribution in [1.29, 1.82) is 0 Å². The highest BCUT2D eigenvalue weighted by Crippen LogP contribution is 2.34. The third kappa shape index (κ3) is 2.36. The largest absolute Gasteiger partial charge is 0.399 e. The van der Waals surface area contributed by atoms with E-state index in [9.17, 15) is 4.79 Å². The van der Waals surface area contributed by atoms with Crippen LogP contribution in [0.4, 0.5) is 5.69 Å². The number of nitrogens with two attached hydrogens (primary N) is 1. The van der Waals surface area contributed by atoms with E-state index in [1.54, 1.807) is 0 Å². The second-order valence-corrected chi connectivity index (χ2v) is 5.59. The quantitative estimate of drug-likeness (QED) is 0.811. The normalized spacial score (nSPS) is 17.3. The first-order valence-corrected chi connectivity index (χ1v) is 6.42. The SMILES string of the molecule is CC(C)(C(=O)C1CCCC1)c1ccc(N)cc1. The highest BCUT2D eigenvalue weighted by Gasteiger charge is 2.36. The number of benzene rings is 1. The second kappa shape index (κ2) is 4.52. The van der Waals surface area contributed by atoms with E-state index >= 15 is 0 Å². The first kappa shape index (κ1) is 12.2. The van der Waals surface area contributed by atoms with Crippen LogP contribution in [0.25, 0.3) is 0 Å². The molecule has 1 saturated carbocycles. The van der Waals surface area contributed by atoms with Crippen molar-refractivity contribution >= 4 is 11.5 Å². The molecule has 0 aliphatic heterocycles. The minimum atomic E-state index is -0.386. The van der Waals surface area contributed by atoms with Gasteiger partial charge in [0.25, 0.3) is 0 Å². The number of carbonyl (C=O) groups is 1. The summed E-state index contributed by atoms with van der Waals surface area (Å²) < 4.78 is 0. The molecule has 2 heteroatoms. The van der Waals surface area contributed by atoms with Gasteiger partial charge in [0.1, 0.15) is 5.78 Å². The number of anilines is 1. The smallest absolute Gasteiger partial charge is 0.145 e. The van der Waals surface area contributed by atoms with Crippen molar-refractivity contribution in [2.45, 2.75) is 44.9 Å². The third-order valence-electron chi connectivity index (χ3n) is 3.97. The van der Waals surface area contributed by atoms with Crippen molar-refractivity contribution in [3.8, 4) is 0 Å². The van der Waals surface area contributed by atoms with Crippen LogP contribution in [0.3, 0.4) is 0 Å².